The van der Waals surface area contributed by atoms with E-state index in [9.17, 15) is 29.1 Å². The van der Waals surface area contributed by atoms with Gasteiger partial charge >= 0.3 is 6.03 Å². The molecule has 200 valence electrons. The molecule has 35 heavy (non-hydrogen) atoms. The Balaban J connectivity index is 2.48. The molecule has 1 aliphatic rings. The number of nitrogens with two attached hydrogens (primary N) is 1. The molecule has 0 spiro atoms. The summed E-state index contributed by atoms with van der Waals surface area (Å²) in [4.78, 5) is 61.5. The van der Waals surface area contributed by atoms with E-state index >= 15 is 0 Å². The van der Waals surface area contributed by atoms with Crippen molar-refractivity contribution < 1.29 is 30.4 Å². The highest BCUT2D eigenvalue weighted by atomic mass is 32.2. The summed E-state index contributed by atoms with van der Waals surface area (Å²) >= 11 is 1.38. The molecular weight excluding hydrogens is 474 g/mol. The smallest absolute Gasteiger partial charge is 0.312 e. The molecular formula is C23H41N5O6S. The van der Waals surface area contributed by atoms with Crippen molar-refractivity contribution in [3.63, 3.8) is 0 Å². The molecule has 1 heterocycles. The Labute approximate surface area is 213 Å². The molecule has 0 bridgehead atoms. The first-order chi connectivity index (χ1) is 17.0. The molecule has 2 unspecified atom stereocenters. The fraction of sp³-hybridized carbons (Fsp3) is 0.783. The summed E-state index contributed by atoms with van der Waals surface area (Å²) < 4.78 is 7.44. The van der Waals surface area contributed by atoms with Crippen molar-refractivity contribution in [3.8, 4) is 0 Å². The Morgan fingerprint density at radius 2 is 1.91 bits per heavy atom. The molecule has 11 nitrogen and oxygen atoms in total. The first-order valence-corrected chi connectivity index (χ1v) is 13.3. The van der Waals surface area contributed by atoms with E-state index in [0.29, 0.717) is 38.6 Å². The number of carbonyl (C=O) groups excluding carboxylic acids is 5. The first kappa shape index (κ1) is 28.9. The Hall–Kier alpha value is -2.34. The summed E-state index contributed by atoms with van der Waals surface area (Å²) in [5.41, 5.74) is 5.03. The van der Waals surface area contributed by atoms with Crippen molar-refractivity contribution in [2.75, 3.05) is 19.3 Å². The van der Waals surface area contributed by atoms with Gasteiger partial charge in [-0.3, -0.25) is 24.1 Å². The van der Waals surface area contributed by atoms with Crippen LogP contribution in [0.2, 0.25) is 0 Å². The number of primary amides is 1. The van der Waals surface area contributed by atoms with Gasteiger partial charge in [0.05, 0.1) is 17.4 Å². The van der Waals surface area contributed by atoms with E-state index in [2.05, 4.69) is 16.0 Å². The molecule has 0 aromatic rings. The summed E-state index contributed by atoms with van der Waals surface area (Å²) in [5.74, 6) is -1.25. The van der Waals surface area contributed by atoms with Gasteiger partial charge in [-0.1, -0.05) is 20.3 Å². The van der Waals surface area contributed by atoms with Gasteiger partial charge < -0.3 is 26.8 Å². The number of hydrogen-bond donors (Lipinski definition) is 5. The highest BCUT2D eigenvalue weighted by molar-refractivity contribution is 8.00. The van der Waals surface area contributed by atoms with E-state index in [0.717, 1.165) is 0 Å². The van der Waals surface area contributed by atoms with Crippen LogP contribution < -0.4 is 21.7 Å². The van der Waals surface area contributed by atoms with E-state index in [1.165, 1.54) is 16.7 Å². The molecule has 12 heteroatoms. The van der Waals surface area contributed by atoms with E-state index < -0.39 is 30.1 Å². The number of aliphatic hydroxyl groups excluding tert-OH is 1. The minimum absolute atomic E-state index is 0.144. The summed E-state index contributed by atoms with van der Waals surface area (Å²) in [6, 6.07) is -2.18. The number of nitrogens with one attached hydrogen (secondary N) is 3. The van der Waals surface area contributed by atoms with Crippen LogP contribution >= 0.6 is 11.8 Å². The highest BCUT2D eigenvalue weighted by Gasteiger charge is 2.37. The number of rotatable bonds is 16. The van der Waals surface area contributed by atoms with Gasteiger partial charge in [0.1, 0.15) is 6.04 Å². The second-order valence-corrected chi connectivity index (χ2v) is 10.1. The molecule has 6 amide bonds. The average molecular weight is 517 g/mol. The van der Waals surface area contributed by atoms with Gasteiger partial charge in [0.2, 0.25) is 23.6 Å². The number of thioether (sulfide) groups is 1. The number of hydrogen-bond acceptors (Lipinski definition) is 7. The van der Waals surface area contributed by atoms with Crippen LogP contribution in [0.25, 0.3) is 0 Å². The van der Waals surface area contributed by atoms with Gasteiger partial charge in [0.25, 0.3) is 0 Å². The maximum atomic E-state index is 12.9. The van der Waals surface area contributed by atoms with Gasteiger partial charge in [-0.15, -0.1) is 0 Å². The largest absolute Gasteiger partial charge is 0.391 e. The number of amides is 6. The quantitative estimate of drug-likeness (QED) is 0.147. The summed E-state index contributed by atoms with van der Waals surface area (Å²) in [6.45, 7) is 3.91. The molecule has 0 aromatic heterocycles. The van der Waals surface area contributed by atoms with Crippen molar-refractivity contribution in [2.24, 2.45) is 11.7 Å². The molecule has 1 rings (SSSR count). The molecule has 6 N–H and O–H groups in total. The van der Waals surface area contributed by atoms with E-state index in [1.54, 1.807) is 13.8 Å². The van der Waals surface area contributed by atoms with Crippen LogP contribution in [0.1, 0.15) is 67.1 Å². The molecule has 1 aliphatic heterocycles. The second kappa shape index (κ2) is 15.6. The number of imide groups is 1. The Bertz CT molecular complexity index is 771. The molecule has 1 fully saturated rings. The van der Waals surface area contributed by atoms with Gasteiger partial charge in [0.15, 0.2) is 0 Å². The molecule has 0 aliphatic carbocycles. The summed E-state index contributed by atoms with van der Waals surface area (Å²) in [5, 5.41) is 17.7. The third-order valence-corrected chi connectivity index (χ3v) is 6.76. The average Bonchev–Trinajstić information content (AvgIpc) is 3.10. The maximum absolute atomic E-state index is 12.9. The van der Waals surface area contributed by atoms with Crippen LogP contribution in [0.5, 0.6) is 0 Å². The third kappa shape index (κ3) is 10.9. The van der Waals surface area contributed by atoms with Crippen molar-refractivity contribution in [3.05, 3.63) is 0 Å². The zero-order chi connectivity index (χ0) is 27.3. The van der Waals surface area contributed by atoms with Crippen LogP contribution in [0, 0.1) is 5.92 Å². The molecule has 4 atom stereocenters. The SMILES string of the molecule is [2H]CC(O)[C@H](CCCNC(N)=O)NC(=O)[C@@H](NC(=O)CCCCCN1C(=O)CC(SC)C1=O)C(C)C. The lowest BCUT2D eigenvalue weighted by atomic mass is 10.0. The Morgan fingerprint density at radius 1 is 1.20 bits per heavy atom. The lowest BCUT2D eigenvalue weighted by Crippen LogP contribution is -2.54. The van der Waals surface area contributed by atoms with Gasteiger partial charge in [-0.25, -0.2) is 4.79 Å². The van der Waals surface area contributed by atoms with Crippen LogP contribution in [0.15, 0.2) is 0 Å². The zero-order valence-corrected chi connectivity index (χ0v) is 21.7. The minimum atomic E-state index is -1.09. The number of carbonyl (C=O) groups is 5. The van der Waals surface area contributed by atoms with Crippen molar-refractivity contribution >= 4 is 41.4 Å². The lowest BCUT2D eigenvalue weighted by Gasteiger charge is -2.27. The Kier molecular flexibility index (Phi) is 12.9. The molecule has 0 radical (unpaired) electrons. The van der Waals surface area contributed by atoms with Crippen molar-refractivity contribution in [1.82, 2.24) is 20.9 Å². The maximum Gasteiger partial charge on any atom is 0.312 e. The van der Waals surface area contributed by atoms with E-state index in [1.807, 2.05) is 6.26 Å². The normalized spacial score (nSPS) is 18.7. The van der Waals surface area contributed by atoms with Crippen LogP contribution in [-0.2, 0) is 19.2 Å². The lowest BCUT2D eigenvalue weighted by molar-refractivity contribution is -0.138. The zero-order valence-electron chi connectivity index (χ0n) is 21.9. The monoisotopic (exact) mass is 516 g/mol. The van der Waals surface area contributed by atoms with Crippen LogP contribution in [0.3, 0.4) is 0 Å². The number of aliphatic hydroxyl groups is 1. The summed E-state index contributed by atoms with van der Waals surface area (Å²) in [6.07, 6.45) is 3.74. The predicted octanol–water partition coefficient (Wildman–Crippen LogP) is 0.492. The Morgan fingerprint density at radius 3 is 2.49 bits per heavy atom. The number of unbranched alkanes of at least 4 members (excludes halogenated alkanes) is 2. The van der Waals surface area contributed by atoms with E-state index in [4.69, 9.17) is 7.10 Å². The standard InChI is InChI=1S/C23H41N5O6S/c1-14(2)20(21(32)26-16(15(3)29)9-8-11-25-23(24)34)27-18(30)10-6-5-7-12-28-19(31)13-17(35-4)22(28)33/h14-17,20,29H,5-13H2,1-4H3,(H,26,32)(H,27,30)(H3,24,25,34)/t15?,16-,17?,20-/m0/s1/i3D. The van der Waals surface area contributed by atoms with Crippen molar-refractivity contribution in [2.45, 2.75) is 89.1 Å². The summed E-state index contributed by atoms with van der Waals surface area (Å²) in [7, 11) is 0. The number of nitrogens with zero attached hydrogens (tertiary/aromatic N) is 1. The topological polar surface area (TPSA) is 171 Å². The minimum Gasteiger partial charge on any atom is -0.391 e. The van der Waals surface area contributed by atoms with Gasteiger partial charge in [-0.05, 0) is 44.8 Å². The van der Waals surface area contributed by atoms with Crippen LogP contribution in [-0.4, -0.2) is 82.4 Å². The number of urea groups is 1. The molecule has 1 saturated heterocycles. The van der Waals surface area contributed by atoms with Crippen LogP contribution in [0.4, 0.5) is 4.79 Å². The number of likely N-dealkylation sites (tertiary alicyclic amines) is 1. The molecule has 0 aromatic carbocycles. The predicted molar refractivity (Wildman–Crippen MR) is 134 cm³/mol. The second-order valence-electron chi connectivity index (χ2n) is 9.03. The molecule has 0 saturated carbocycles. The van der Waals surface area contributed by atoms with E-state index in [-0.39, 0.29) is 55.2 Å². The van der Waals surface area contributed by atoms with Crippen molar-refractivity contribution in [1.29, 1.82) is 0 Å². The highest BCUT2D eigenvalue weighted by Crippen LogP contribution is 2.23. The fourth-order valence-corrected chi connectivity index (χ4v) is 4.39. The van der Waals surface area contributed by atoms with Gasteiger partial charge in [0, 0.05) is 27.3 Å². The third-order valence-electron chi connectivity index (χ3n) is 5.82. The first-order valence-electron chi connectivity index (χ1n) is 12.7. The van der Waals surface area contributed by atoms with Gasteiger partial charge in [-0.2, -0.15) is 11.8 Å². The fourth-order valence-electron chi connectivity index (χ4n) is 3.75.